The van der Waals surface area contributed by atoms with Crippen molar-refractivity contribution in [2.75, 3.05) is 20.3 Å². The van der Waals surface area contributed by atoms with E-state index < -0.39 is 32.5 Å². The van der Waals surface area contributed by atoms with Gasteiger partial charge in [0, 0.05) is 19.6 Å². The van der Waals surface area contributed by atoms with E-state index in [2.05, 4.69) is 39.2 Å². The van der Waals surface area contributed by atoms with Crippen molar-refractivity contribution in [2.45, 2.75) is 76.9 Å². The van der Waals surface area contributed by atoms with E-state index in [0.717, 1.165) is 5.56 Å². The predicted molar refractivity (Wildman–Crippen MR) is 128 cm³/mol. The molecule has 1 fully saturated rings. The molecule has 2 amide bonds. The second-order valence-corrected chi connectivity index (χ2v) is 14.7. The quantitative estimate of drug-likeness (QED) is 0.428. The zero-order valence-electron chi connectivity index (χ0n) is 20.7. The van der Waals surface area contributed by atoms with Gasteiger partial charge in [0.15, 0.2) is 8.32 Å². The third-order valence-electron chi connectivity index (χ3n) is 6.47. The molecule has 1 aliphatic heterocycles. The Labute approximate surface area is 198 Å². The second-order valence-electron chi connectivity index (χ2n) is 9.87. The molecule has 2 atom stereocenters. The largest absolute Gasteiger partial charge is 0.467 e. The highest BCUT2D eigenvalue weighted by molar-refractivity contribution is 6.74. The number of esters is 1. The molecule has 1 aromatic rings. The standard InChI is InChI=1S/C24H38N2O6Si/c1-24(2,3)33(5,6)32-16-14-19(22(28)30-4)25-21(27)20-13-10-15-26(20)23(29)31-17-18-11-8-7-9-12-18/h7-9,11-12,19-20H,10,13-17H2,1-6H3,(H,25,27)/t19-,20-/m1/s1. The van der Waals surface area contributed by atoms with Gasteiger partial charge in [-0.25, -0.2) is 9.59 Å². The molecule has 1 aliphatic rings. The third kappa shape index (κ3) is 7.57. The van der Waals surface area contributed by atoms with Crippen LogP contribution in [-0.4, -0.2) is 63.5 Å². The van der Waals surface area contributed by atoms with E-state index >= 15 is 0 Å². The molecule has 184 valence electrons. The molecule has 0 radical (unpaired) electrons. The van der Waals surface area contributed by atoms with Gasteiger partial charge in [-0.1, -0.05) is 51.1 Å². The Morgan fingerprint density at radius 3 is 2.45 bits per heavy atom. The van der Waals surface area contributed by atoms with Crippen LogP contribution in [0.15, 0.2) is 30.3 Å². The number of hydrogen-bond acceptors (Lipinski definition) is 6. The number of nitrogens with zero attached hydrogens (tertiary/aromatic N) is 1. The number of rotatable bonds is 9. The Bertz CT molecular complexity index is 809. The monoisotopic (exact) mass is 478 g/mol. The summed E-state index contributed by atoms with van der Waals surface area (Å²) in [6.45, 7) is 11.6. The molecule has 0 spiro atoms. The Kier molecular flexibility index (Phi) is 9.48. The summed E-state index contributed by atoms with van der Waals surface area (Å²) in [5.74, 6) is -0.912. The van der Waals surface area contributed by atoms with Gasteiger partial charge in [0.1, 0.15) is 18.7 Å². The van der Waals surface area contributed by atoms with E-state index in [-0.39, 0.29) is 17.6 Å². The van der Waals surface area contributed by atoms with Crippen molar-refractivity contribution in [3.8, 4) is 0 Å². The number of nitrogens with one attached hydrogen (secondary N) is 1. The maximum atomic E-state index is 13.0. The lowest BCUT2D eigenvalue weighted by molar-refractivity contribution is -0.146. The van der Waals surface area contributed by atoms with Crippen molar-refractivity contribution in [3.63, 3.8) is 0 Å². The fourth-order valence-electron chi connectivity index (χ4n) is 3.37. The van der Waals surface area contributed by atoms with Crippen LogP contribution in [0.3, 0.4) is 0 Å². The zero-order valence-corrected chi connectivity index (χ0v) is 21.7. The molecule has 9 heteroatoms. The van der Waals surface area contributed by atoms with E-state index in [0.29, 0.717) is 32.4 Å². The molecule has 0 aliphatic carbocycles. The predicted octanol–water partition coefficient (Wildman–Crippen LogP) is 3.86. The SMILES string of the molecule is COC(=O)[C@@H](CCO[Si](C)(C)C(C)(C)C)NC(=O)[C@H]1CCCN1C(=O)OCc1ccccc1. The van der Waals surface area contributed by atoms with Crippen molar-refractivity contribution in [1.82, 2.24) is 10.2 Å². The first kappa shape index (κ1) is 26.9. The summed E-state index contributed by atoms with van der Waals surface area (Å²) < 4.78 is 16.4. The van der Waals surface area contributed by atoms with E-state index in [1.807, 2.05) is 30.3 Å². The van der Waals surface area contributed by atoms with Crippen molar-refractivity contribution in [1.29, 1.82) is 0 Å². The lowest BCUT2D eigenvalue weighted by Gasteiger charge is -2.36. The molecule has 2 rings (SSSR count). The molecule has 8 nitrogen and oxygen atoms in total. The number of hydrogen-bond donors (Lipinski definition) is 1. The lowest BCUT2D eigenvalue weighted by atomic mass is 10.1. The third-order valence-corrected chi connectivity index (χ3v) is 11.0. The fourth-order valence-corrected chi connectivity index (χ4v) is 4.43. The van der Waals surface area contributed by atoms with Crippen LogP contribution in [0.1, 0.15) is 45.6 Å². The van der Waals surface area contributed by atoms with Crippen LogP contribution in [0, 0.1) is 0 Å². The summed E-state index contributed by atoms with van der Waals surface area (Å²) in [4.78, 5) is 39.3. The van der Waals surface area contributed by atoms with Crippen LogP contribution >= 0.6 is 0 Å². The topological polar surface area (TPSA) is 94.2 Å². The van der Waals surface area contributed by atoms with Gasteiger partial charge in [-0.05, 0) is 36.5 Å². The molecule has 1 saturated heterocycles. The van der Waals surface area contributed by atoms with Gasteiger partial charge in [0.25, 0.3) is 0 Å². The molecule has 33 heavy (non-hydrogen) atoms. The minimum Gasteiger partial charge on any atom is -0.467 e. The van der Waals surface area contributed by atoms with Crippen LogP contribution in [0.5, 0.6) is 0 Å². The summed E-state index contributed by atoms with van der Waals surface area (Å²) in [5, 5.41) is 2.81. The van der Waals surface area contributed by atoms with Crippen molar-refractivity contribution >= 4 is 26.3 Å². The average molecular weight is 479 g/mol. The highest BCUT2D eigenvalue weighted by Crippen LogP contribution is 2.36. The van der Waals surface area contributed by atoms with Gasteiger partial charge in [-0.2, -0.15) is 0 Å². The van der Waals surface area contributed by atoms with Crippen molar-refractivity contribution in [3.05, 3.63) is 35.9 Å². The Morgan fingerprint density at radius 2 is 1.85 bits per heavy atom. The highest BCUT2D eigenvalue weighted by Gasteiger charge is 2.39. The van der Waals surface area contributed by atoms with E-state index in [1.54, 1.807) is 0 Å². The van der Waals surface area contributed by atoms with Gasteiger partial charge < -0.3 is 19.2 Å². The number of carbonyl (C=O) groups excluding carboxylic acids is 3. The number of carbonyl (C=O) groups is 3. The zero-order chi connectivity index (χ0) is 24.6. The number of amides is 2. The molecular formula is C24H38N2O6Si. The van der Waals surface area contributed by atoms with E-state index in [4.69, 9.17) is 13.9 Å². The van der Waals surface area contributed by atoms with Crippen LogP contribution in [0.2, 0.25) is 18.1 Å². The number of ether oxygens (including phenoxy) is 2. The summed E-state index contributed by atoms with van der Waals surface area (Å²) in [6, 6.07) is 7.86. The first-order valence-electron chi connectivity index (χ1n) is 11.5. The molecule has 1 N–H and O–H groups in total. The first-order chi connectivity index (χ1) is 15.5. The van der Waals surface area contributed by atoms with E-state index in [9.17, 15) is 14.4 Å². The van der Waals surface area contributed by atoms with Gasteiger partial charge in [-0.3, -0.25) is 9.69 Å². The lowest BCUT2D eigenvalue weighted by Crippen LogP contribution is -2.51. The van der Waals surface area contributed by atoms with Gasteiger partial charge in [-0.15, -0.1) is 0 Å². The Morgan fingerprint density at radius 1 is 1.18 bits per heavy atom. The maximum absolute atomic E-state index is 13.0. The highest BCUT2D eigenvalue weighted by atomic mass is 28.4. The molecule has 1 aromatic carbocycles. The summed E-state index contributed by atoms with van der Waals surface area (Å²) >= 11 is 0. The molecule has 1 heterocycles. The summed E-state index contributed by atoms with van der Waals surface area (Å²) in [6.07, 6.45) is 0.972. The number of benzene rings is 1. The van der Waals surface area contributed by atoms with Crippen LogP contribution in [0.4, 0.5) is 4.79 Å². The van der Waals surface area contributed by atoms with Gasteiger partial charge >= 0.3 is 12.1 Å². The fraction of sp³-hybridized carbons (Fsp3) is 0.625. The molecule has 0 bridgehead atoms. The first-order valence-corrected chi connectivity index (χ1v) is 14.4. The van der Waals surface area contributed by atoms with Crippen molar-refractivity contribution < 1.29 is 28.3 Å². The van der Waals surface area contributed by atoms with Gasteiger partial charge in [0.2, 0.25) is 5.91 Å². The average Bonchev–Trinajstić information content (AvgIpc) is 3.26. The van der Waals surface area contributed by atoms with Crippen LogP contribution in [0.25, 0.3) is 0 Å². The van der Waals surface area contributed by atoms with Crippen LogP contribution in [-0.2, 0) is 30.1 Å². The summed E-state index contributed by atoms with van der Waals surface area (Å²) in [7, 11) is -0.689. The minimum atomic E-state index is -1.98. The minimum absolute atomic E-state index is 0.0431. The molecule has 0 saturated carbocycles. The molecule has 0 aromatic heterocycles. The molecule has 0 unspecified atom stereocenters. The molecular weight excluding hydrogens is 440 g/mol. The van der Waals surface area contributed by atoms with Crippen LogP contribution < -0.4 is 5.32 Å². The second kappa shape index (κ2) is 11.6. The van der Waals surface area contributed by atoms with Gasteiger partial charge in [0.05, 0.1) is 7.11 Å². The summed E-state index contributed by atoms with van der Waals surface area (Å²) in [5.41, 5.74) is 0.874. The maximum Gasteiger partial charge on any atom is 0.410 e. The Hall–Kier alpha value is -2.39. The number of likely N-dealkylation sites (tertiary alicyclic amines) is 1. The smallest absolute Gasteiger partial charge is 0.410 e. The number of methoxy groups -OCH3 is 1. The Balaban J connectivity index is 1.95. The van der Waals surface area contributed by atoms with E-state index in [1.165, 1.54) is 12.0 Å². The normalized spacial score (nSPS) is 17.4. The van der Waals surface area contributed by atoms with Crippen molar-refractivity contribution in [2.24, 2.45) is 0 Å².